The molecule has 3 heteroatoms. The molecular weight excluding hydrogens is 251 g/mol. The van der Waals surface area contributed by atoms with Gasteiger partial charge in [0.05, 0.1) is 5.02 Å². The van der Waals surface area contributed by atoms with Gasteiger partial charge in [-0.05, 0) is 37.3 Å². The first-order valence-electron chi connectivity index (χ1n) is 6.51. The van der Waals surface area contributed by atoms with Crippen LogP contribution in [0.5, 0.6) is 0 Å². The average Bonchev–Trinajstić information content (AvgIpc) is 2.31. The predicted molar refractivity (Wildman–Crippen MR) is 72.2 cm³/mol. The molecule has 2 rings (SSSR count). The monoisotopic (exact) mass is 268 g/mol. The van der Waals surface area contributed by atoms with Crippen LogP contribution < -0.4 is 0 Å². The fraction of sp³-hybridized carbons (Fsp3) is 0.467. The highest BCUT2D eigenvalue weighted by Crippen LogP contribution is 2.33. The minimum Gasteiger partial charge on any atom is -0.384 e. The molecule has 0 fully saturated rings. The highest BCUT2D eigenvalue weighted by molar-refractivity contribution is 6.31. The number of aliphatic hydroxyl groups is 1. The van der Waals surface area contributed by atoms with E-state index in [-0.39, 0.29) is 5.02 Å². The molecule has 1 aromatic carbocycles. The molecule has 0 radical (unpaired) electrons. The largest absolute Gasteiger partial charge is 0.384 e. The lowest BCUT2D eigenvalue weighted by Crippen LogP contribution is -2.05. The van der Waals surface area contributed by atoms with Crippen molar-refractivity contribution in [3.8, 4) is 0 Å². The van der Waals surface area contributed by atoms with E-state index in [1.165, 1.54) is 18.9 Å². The van der Waals surface area contributed by atoms with E-state index in [0.29, 0.717) is 5.56 Å². The highest BCUT2D eigenvalue weighted by atomic mass is 35.5. The smallest absolute Gasteiger partial charge is 0.142 e. The molecule has 0 heterocycles. The molecule has 1 nitrogen and oxygen atoms in total. The maximum Gasteiger partial charge on any atom is 0.142 e. The summed E-state index contributed by atoms with van der Waals surface area (Å²) in [4.78, 5) is 0. The van der Waals surface area contributed by atoms with Gasteiger partial charge in [-0.25, -0.2) is 4.39 Å². The van der Waals surface area contributed by atoms with Crippen LogP contribution in [0.2, 0.25) is 5.02 Å². The zero-order valence-electron chi connectivity index (χ0n) is 10.3. The Morgan fingerprint density at radius 3 is 2.78 bits per heavy atom. The van der Waals surface area contributed by atoms with E-state index in [9.17, 15) is 9.50 Å². The van der Waals surface area contributed by atoms with Gasteiger partial charge in [-0.15, -0.1) is 0 Å². The van der Waals surface area contributed by atoms with E-state index in [2.05, 4.69) is 6.08 Å². The molecule has 0 spiro atoms. The Hall–Kier alpha value is -0.860. The molecule has 1 unspecified atom stereocenters. The van der Waals surface area contributed by atoms with Crippen LogP contribution in [0.15, 0.2) is 29.8 Å². The lowest BCUT2D eigenvalue weighted by atomic mass is 9.93. The molecule has 1 aliphatic rings. The summed E-state index contributed by atoms with van der Waals surface area (Å²) in [7, 11) is 0. The van der Waals surface area contributed by atoms with Crippen LogP contribution >= 0.6 is 11.6 Å². The molecule has 0 aliphatic heterocycles. The maximum absolute atomic E-state index is 13.4. The van der Waals surface area contributed by atoms with Gasteiger partial charge >= 0.3 is 0 Å². The van der Waals surface area contributed by atoms with Crippen LogP contribution in [0.1, 0.15) is 50.2 Å². The molecular formula is C15H18ClFO. The first-order valence-corrected chi connectivity index (χ1v) is 6.89. The first kappa shape index (κ1) is 13.6. The lowest BCUT2D eigenvalue weighted by molar-refractivity contribution is 0.209. The number of hydrogen-bond acceptors (Lipinski definition) is 1. The zero-order valence-corrected chi connectivity index (χ0v) is 11.1. The van der Waals surface area contributed by atoms with Crippen molar-refractivity contribution in [1.82, 2.24) is 0 Å². The minimum atomic E-state index is -0.772. The topological polar surface area (TPSA) is 20.2 Å². The summed E-state index contributed by atoms with van der Waals surface area (Å²) >= 11 is 5.92. The third-order valence-corrected chi connectivity index (χ3v) is 3.85. The minimum absolute atomic E-state index is 0.0351. The number of allylic oxidation sites excluding steroid dienone is 1. The van der Waals surface area contributed by atoms with Crippen molar-refractivity contribution in [2.75, 3.05) is 0 Å². The van der Waals surface area contributed by atoms with Crippen LogP contribution in [0.3, 0.4) is 0 Å². The summed E-state index contributed by atoms with van der Waals surface area (Å²) in [5.41, 5.74) is 1.45. The van der Waals surface area contributed by atoms with E-state index < -0.39 is 11.9 Å². The lowest BCUT2D eigenvalue weighted by Gasteiger charge is -2.19. The first-order chi connectivity index (χ1) is 8.70. The standard InChI is InChI=1S/C15H18ClFO/c16-14-12(9-6-10-13(14)17)15(18)11-7-4-2-1-3-5-8-11/h6-7,9-10,15,18H,1-5,8H2/b11-7+. The van der Waals surface area contributed by atoms with Crippen LogP contribution in [0.25, 0.3) is 0 Å². The third kappa shape index (κ3) is 3.12. The van der Waals surface area contributed by atoms with Crippen LogP contribution in [-0.4, -0.2) is 5.11 Å². The highest BCUT2D eigenvalue weighted by Gasteiger charge is 2.18. The summed E-state index contributed by atoms with van der Waals surface area (Å²) in [6.45, 7) is 0. The van der Waals surface area contributed by atoms with E-state index in [1.807, 2.05) is 0 Å². The molecule has 0 aromatic heterocycles. The Bertz CT molecular complexity index is 442. The van der Waals surface area contributed by atoms with Crippen molar-refractivity contribution in [2.24, 2.45) is 0 Å². The summed E-state index contributed by atoms with van der Waals surface area (Å²) in [6, 6.07) is 4.59. The van der Waals surface area contributed by atoms with Crippen molar-refractivity contribution in [1.29, 1.82) is 0 Å². The fourth-order valence-corrected chi connectivity index (χ4v) is 2.63. The van der Waals surface area contributed by atoms with Gasteiger partial charge in [-0.1, -0.05) is 42.7 Å². The van der Waals surface area contributed by atoms with Gasteiger partial charge in [0.1, 0.15) is 11.9 Å². The van der Waals surface area contributed by atoms with Gasteiger partial charge in [0.25, 0.3) is 0 Å². The fourth-order valence-electron chi connectivity index (χ4n) is 2.40. The van der Waals surface area contributed by atoms with Crippen molar-refractivity contribution < 1.29 is 9.50 Å². The predicted octanol–water partition coefficient (Wildman–Crippen LogP) is 4.79. The number of halogens is 2. The molecule has 0 amide bonds. The Balaban J connectivity index is 2.23. The molecule has 1 aliphatic carbocycles. The Labute approximate surface area is 112 Å². The van der Waals surface area contributed by atoms with Crippen molar-refractivity contribution >= 4 is 11.6 Å². The molecule has 0 bridgehead atoms. The van der Waals surface area contributed by atoms with Gasteiger partial charge in [0.2, 0.25) is 0 Å². The average molecular weight is 269 g/mol. The third-order valence-electron chi connectivity index (χ3n) is 3.45. The summed E-state index contributed by atoms with van der Waals surface area (Å²) in [6.07, 6.45) is 7.86. The molecule has 18 heavy (non-hydrogen) atoms. The molecule has 1 N–H and O–H groups in total. The van der Waals surface area contributed by atoms with Gasteiger partial charge in [-0.3, -0.25) is 0 Å². The number of benzene rings is 1. The quantitative estimate of drug-likeness (QED) is 0.765. The number of rotatable bonds is 2. The maximum atomic E-state index is 13.4. The number of hydrogen-bond donors (Lipinski definition) is 1. The zero-order chi connectivity index (χ0) is 13.0. The molecule has 1 aromatic rings. The second-order valence-electron chi connectivity index (χ2n) is 4.78. The van der Waals surface area contributed by atoms with Crippen molar-refractivity contribution in [3.63, 3.8) is 0 Å². The Morgan fingerprint density at radius 1 is 1.17 bits per heavy atom. The van der Waals surface area contributed by atoms with Gasteiger partial charge in [0, 0.05) is 5.56 Å². The van der Waals surface area contributed by atoms with E-state index in [4.69, 9.17) is 11.6 Å². The van der Waals surface area contributed by atoms with E-state index in [1.54, 1.807) is 12.1 Å². The normalized spacial score (nSPS) is 21.6. The molecule has 0 saturated heterocycles. The SMILES string of the molecule is OC(/C1=C/CCCCCC1)c1cccc(F)c1Cl. The van der Waals surface area contributed by atoms with Crippen LogP contribution in [0.4, 0.5) is 4.39 Å². The Kier molecular flexibility index (Phi) is 4.79. The van der Waals surface area contributed by atoms with E-state index in [0.717, 1.165) is 31.3 Å². The van der Waals surface area contributed by atoms with Gasteiger partial charge in [0.15, 0.2) is 0 Å². The van der Waals surface area contributed by atoms with E-state index >= 15 is 0 Å². The second kappa shape index (κ2) is 6.35. The Morgan fingerprint density at radius 2 is 1.94 bits per heavy atom. The molecule has 0 saturated carbocycles. The summed E-state index contributed by atoms with van der Waals surface area (Å²) < 4.78 is 13.4. The number of aliphatic hydroxyl groups excluding tert-OH is 1. The summed E-state index contributed by atoms with van der Waals surface area (Å²) in [5.74, 6) is -0.473. The molecule has 1 atom stereocenters. The van der Waals surface area contributed by atoms with Crippen molar-refractivity contribution in [3.05, 3.63) is 46.3 Å². The molecule has 98 valence electrons. The van der Waals surface area contributed by atoms with Crippen LogP contribution in [-0.2, 0) is 0 Å². The van der Waals surface area contributed by atoms with Gasteiger partial charge in [-0.2, -0.15) is 0 Å². The second-order valence-corrected chi connectivity index (χ2v) is 5.16. The van der Waals surface area contributed by atoms with Crippen LogP contribution in [0, 0.1) is 5.82 Å². The van der Waals surface area contributed by atoms with Gasteiger partial charge < -0.3 is 5.11 Å². The summed E-state index contributed by atoms with van der Waals surface area (Å²) in [5, 5.41) is 10.4. The van der Waals surface area contributed by atoms with Crippen molar-refractivity contribution in [2.45, 2.75) is 44.6 Å².